The van der Waals surface area contributed by atoms with E-state index in [0.29, 0.717) is 46.7 Å². The number of halogens is 1. The highest BCUT2D eigenvalue weighted by atomic mass is 35.5. The molecular formula is C16H13ClN6O. The maximum atomic E-state index is 11.9. The van der Waals surface area contributed by atoms with Crippen LogP contribution in [0.2, 0.25) is 5.02 Å². The summed E-state index contributed by atoms with van der Waals surface area (Å²) in [6.07, 6.45) is 1.65. The first-order chi connectivity index (χ1) is 11.6. The Morgan fingerprint density at radius 1 is 1.21 bits per heavy atom. The fourth-order valence-corrected chi connectivity index (χ4v) is 2.70. The average Bonchev–Trinajstić information content (AvgIpc) is 3.03. The van der Waals surface area contributed by atoms with Crippen LogP contribution >= 0.6 is 11.6 Å². The van der Waals surface area contributed by atoms with Crippen LogP contribution in [-0.4, -0.2) is 32.2 Å². The van der Waals surface area contributed by atoms with Crippen molar-refractivity contribution in [3.63, 3.8) is 0 Å². The second kappa shape index (κ2) is 5.61. The molecule has 120 valence electrons. The molecule has 2 aromatic heterocycles. The largest absolute Gasteiger partial charge is 0.398 e. The van der Waals surface area contributed by atoms with Gasteiger partial charge in [0.25, 0.3) is 5.91 Å². The van der Waals surface area contributed by atoms with Gasteiger partial charge in [0.05, 0.1) is 22.9 Å². The first-order valence-electron chi connectivity index (χ1n) is 7.37. The fourth-order valence-electron chi connectivity index (χ4n) is 2.58. The molecule has 1 aliphatic heterocycles. The highest BCUT2D eigenvalue weighted by Gasteiger charge is 2.20. The van der Waals surface area contributed by atoms with Gasteiger partial charge in [0.15, 0.2) is 5.82 Å². The summed E-state index contributed by atoms with van der Waals surface area (Å²) in [7, 11) is 0. The van der Waals surface area contributed by atoms with Gasteiger partial charge in [0.1, 0.15) is 11.4 Å². The number of nitrogens with zero attached hydrogens (tertiary/aromatic N) is 4. The molecule has 0 radical (unpaired) electrons. The standard InChI is InChI=1S/C16H13ClN6O/c17-10-2-1-9(7-11(10)18)15-19-4-3-12(21-15)13-8-14-16(24)20-5-6-23(14)22-13/h1-4,7-8H,5-6,18H2,(H,20,24). The summed E-state index contributed by atoms with van der Waals surface area (Å²) in [5.41, 5.74) is 8.88. The Morgan fingerprint density at radius 2 is 2.08 bits per heavy atom. The van der Waals surface area contributed by atoms with Gasteiger partial charge in [-0.3, -0.25) is 9.48 Å². The third-order valence-electron chi connectivity index (χ3n) is 3.79. The van der Waals surface area contributed by atoms with E-state index in [-0.39, 0.29) is 5.91 Å². The normalized spacial score (nSPS) is 13.5. The number of nitrogens with two attached hydrogens (primary N) is 1. The molecule has 1 aromatic carbocycles. The maximum absolute atomic E-state index is 11.9. The van der Waals surface area contributed by atoms with Gasteiger partial charge < -0.3 is 11.1 Å². The molecule has 0 aliphatic carbocycles. The first-order valence-corrected chi connectivity index (χ1v) is 7.74. The number of carbonyl (C=O) groups excluding carboxylic acids is 1. The van der Waals surface area contributed by atoms with Crippen LogP contribution in [0.5, 0.6) is 0 Å². The Bertz CT molecular complexity index is 951. The highest BCUT2D eigenvalue weighted by molar-refractivity contribution is 6.33. The minimum Gasteiger partial charge on any atom is -0.398 e. The first kappa shape index (κ1) is 14.6. The van der Waals surface area contributed by atoms with E-state index in [0.717, 1.165) is 5.56 Å². The summed E-state index contributed by atoms with van der Waals surface area (Å²) in [5.74, 6) is 0.394. The van der Waals surface area contributed by atoms with Crippen molar-refractivity contribution in [2.45, 2.75) is 6.54 Å². The summed E-state index contributed by atoms with van der Waals surface area (Å²) in [6, 6.07) is 8.74. The van der Waals surface area contributed by atoms with Gasteiger partial charge in [-0.05, 0) is 30.3 Å². The lowest BCUT2D eigenvalue weighted by molar-refractivity contribution is 0.0924. The number of aromatic nitrogens is 4. The van der Waals surface area contributed by atoms with Gasteiger partial charge in [-0.15, -0.1) is 0 Å². The summed E-state index contributed by atoms with van der Waals surface area (Å²) in [6.45, 7) is 1.22. The van der Waals surface area contributed by atoms with Crippen LogP contribution in [0.25, 0.3) is 22.8 Å². The van der Waals surface area contributed by atoms with Crippen molar-refractivity contribution in [3.8, 4) is 22.8 Å². The average molecular weight is 341 g/mol. The van der Waals surface area contributed by atoms with Crippen molar-refractivity contribution in [1.29, 1.82) is 0 Å². The number of nitrogen functional groups attached to an aromatic ring is 1. The molecule has 8 heteroatoms. The Hall–Kier alpha value is -2.93. The number of rotatable bonds is 2. The number of hydrogen-bond donors (Lipinski definition) is 2. The zero-order valence-electron chi connectivity index (χ0n) is 12.5. The second-order valence-corrected chi connectivity index (χ2v) is 5.80. The minimum absolute atomic E-state index is 0.125. The highest BCUT2D eigenvalue weighted by Crippen LogP contribution is 2.26. The zero-order valence-corrected chi connectivity index (χ0v) is 13.3. The van der Waals surface area contributed by atoms with E-state index in [1.165, 1.54) is 0 Å². The quantitative estimate of drug-likeness (QED) is 0.695. The van der Waals surface area contributed by atoms with Gasteiger partial charge in [-0.1, -0.05) is 11.6 Å². The zero-order chi connectivity index (χ0) is 16.7. The SMILES string of the molecule is Nc1cc(-c2nccc(-c3cc4n(n3)CCNC4=O)n2)ccc1Cl. The molecule has 7 nitrogen and oxygen atoms in total. The molecule has 3 aromatic rings. The Kier molecular flexibility index (Phi) is 3.42. The number of fused-ring (bicyclic) bond motifs is 1. The van der Waals surface area contributed by atoms with Crippen LogP contribution in [0.3, 0.4) is 0 Å². The number of carbonyl (C=O) groups is 1. The fraction of sp³-hybridized carbons (Fsp3) is 0.125. The molecule has 0 atom stereocenters. The third-order valence-corrected chi connectivity index (χ3v) is 4.14. The van der Waals surface area contributed by atoms with Gasteiger partial charge in [-0.2, -0.15) is 5.10 Å². The number of benzene rings is 1. The van der Waals surface area contributed by atoms with Crippen LogP contribution in [0, 0.1) is 0 Å². The van der Waals surface area contributed by atoms with E-state index in [4.69, 9.17) is 17.3 Å². The summed E-state index contributed by atoms with van der Waals surface area (Å²) < 4.78 is 1.69. The molecule has 1 amide bonds. The lowest BCUT2D eigenvalue weighted by atomic mass is 10.2. The lowest BCUT2D eigenvalue weighted by Gasteiger charge is -2.13. The smallest absolute Gasteiger partial charge is 0.269 e. The molecule has 0 bridgehead atoms. The second-order valence-electron chi connectivity index (χ2n) is 5.40. The Balaban J connectivity index is 1.75. The number of hydrogen-bond acceptors (Lipinski definition) is 5. The van der Waals surface area contributed by atoms with Crippen molar-refractivity contribution < 1.29 is 4.79 Å². The van der Waals surface area contributed by atoms with Crippen molar-refractivity contribution in [1.82, 2.24) is 25.1 Å². The molecule has 3 heterocycles. The van der Waals surface area contributed by atoms with Gasteiger partial charge in [-0.25, -0.2) is 9.97 Å². The predicted molar refractivity (Wildman–Crippen MR) is 90.4 cm³/mol. The number of anilines is 1. The molecule has 0 saturated carbocycles. The van der Waals surface area contributed by atoms with Crippen molar-refractivity contribution in [3.05, 3.63) is 47.2 Å². The van der Waals surface area contributed by atoms with Crippen LogP contribution in [0.4, 0.5) is 5.69 Å². The van der Waals surface area contributed by atoms with Gasteiger partial charge in [0, 0.05) is 18.3 Å². The molecule has 24 heavy (non-hydrogen) atoms. The van der Waals surface area contributed by atoms with Crippen molar-refractivity contribution in [2.24, 2.45) is 0 Å². The van der Waals surface area contributed by atoms with E-state index >= 15 is 0 Å². The lowest BCUT2D eigenvalue weighted by Crippen LogP contribution is -2.35. The van der Waals surface area contributed by atoms with Crippen LogP contribution in [-0.2, 0) is 6.54 Å². The van der Waals surface area contributed by atoms with E-state index in [1.54, 1.807) is 35.1 Å². The molecule has 0 saturated heterocycles. The van der Waals surface area contributed by atoms with E-state index in [1.807, 2.05) is 6.07 Å². The molecular weight excluding hydrogens is 328 g/mol. The number of nitrogens with one attached hydrogen (secondary N) is 1. The van der Waals surface area contributed by atoms with E-state index in [9.17, 15) is 4.79 Å². The van der Waals surface area contributed by atoms with E-state index < -0.39 is 0 Å². The van der Waals surface area contributed by atoms with Gasteiger partial charge in [0.2, 0.25) is 0 Å². The summed E-state index contributed by atoms with van der Waals surface area (Å²) in [5, 5.41) is 7.74. The minimum atomic E-state index is -0.125. The Labute approximate surface area is 142 Å². The molecule has 0 unspecified atom stereocenters. The summed E-state index contributed by atoms with van der Waals surface area (Å²) in [4.78, 5) is 20.7. The predicted octanol–water partition coefficient (Wildman–Crippen LogP) is 1.99. The third kappa shape index (κ3) is 2.48. The van der Waals surface area contributed by atoms with Crippen molar-refractivity contribution >= 4 is 23.2 Å². The maximum Gasteiger partial charge on any atom is 0.269 e. The van der Waals surface area contributed by atoms with Crippen molar-refractivity contribution in [2.75, 3.05) is 12.3 Å². The number of amides is 1. The monoisotopic (exact) mass is 340 g/mol. The molecule has 4 rings (SSSR count). The molecule has 0 fully saturated rings. The topological polar surface area (TPSA) is 98.7 Å². The Morgan fingerprint density at radius 3 is 2.88 bits per heavy atom. The molecule has 3 N–H and O–H groups in total. The van der Waals surface area contributed by atoms with E-state index in [2.05, 4.69) is 20.4 Å². The summed E-state index contributed by atoms with van der Waals surface area (Å²) >= 11 is 5.95. The molecule has 1 aliphatic rings. The van der Waals surface area contributed by atoms with Crippen LogP contribution in [0.1, 0.15) is 10.5 Å². The van der Waals surface area contributed by atoms with Crippen LogP contribution in [0.15, 0.2) is 36.5 Å². The van der Waals surface area contributed by atoms with Crippen LogP contribution < -0.4 is 11.1 Å². The molecule has 0 spiro atoms. The van der Waals surface area contributed by atoms with Gasteiger partial charge >= 0.3 is 0 Å².